The van der Waals surface area contributed by atoms with Gasteiger partial charge in [-0.2, -0.15) is 0 Å². The molecule has 0 bridgehead atoms. The summed E-state index contributed by atoms with van der Waals surface area (Å²) in [4.78, 5) is 11.5. The quantitative estimate of drug-likeness (QED) is 0.796. The van der Waals surface area contributed by atoms with Crippen LogP contribution in [-0.4, -0.2) is 32.7 Å². The Kier molecular flexibility index (Phi) is 5.38. The van der Waals surface area contributed by atoms with Crippen molar-refractivity contribution >= 4 is 32.6 Å². The minimum atomic E-state index is -0.115. The number of likely N-dealkylation sites (N-methyl/N-ethyl adjacent to an activating group) is 1. The summed E-state index contributed by atoms with van der Waals surface area (Å²) in [5.74, 6) is 0.583. The Hall–Kier alpha value is -1.59. The van der Waals surface area contributed by atoms with E-state index in [0.717, 1.165) is 21.8 Å². The largest absolute Gasteiger partial charge is 0.484 e. The lowest BCUT2D eigenvalue weighted by Crippen LogP contribution is -2.33. The summed E-state index contributed by atoms with van der Waals surface area (Å²) in [6.07, 6.45) is 0. The fourth-order valence-electron chi connectivity index (χ4n) is 1.81. The van der Waals surface area contributed by atoms with Crippen molar-refractivity contribution < 1.29 is 9.53 Å². The molecule has 1 amide bonds. The van der Waals surface area contributed by atoms with Gasteiger partial charge in [0.05, 0.1) is 0 Å². The molecule has 0 unspecified atom stereocenters. The molecule has 0 aliphatic rings. The molecular formula is C15H17BrN2O2. The van der Waals surface area contributed by atoms with E-state index in [9.17, 15) is 4.79 Å². The van der Waals surface area contributed by atoms with E-state index in [0.29, 0.717) is 12.3 Å². The Morgan fingerprint density at radius 2 is 1.90 bits per heavy atom. The molecule has 5 heteroatoms. The van der Waals surface area contributed by atoms with Gasteiger partial charge < -0.3 is 15.4 Å². The van der Waals surface area contributed by atoms with E-state index < -0.39 is 0 Å². The smallest absolute Gasteiger partial charge is 0.257 e. The van der Waals surface area contributed by atoms with E-state index in [4.69, 9.17) is 4.74 Å². The van der Waals surface area contributed by atoms with Crippen LogP contribution in [0.3, 0.4) is 0 Å². The van der Waals surface area contributed by atoms with Crippen molar-refractivity contribution in [1.82, 2.24) is 10.6 Å². The Balaban J connectivity index is 1.93. The van der Waals surface area contributed by atoms with E-state index in [2.05, 4.69) is 26.6 Å². The van der Waals surface area contributed by atoms with E-state index in [-0.39, 0.29) is 12.5 Å². The summed E-state index contributed by atoms with van der Waals surface area (Å²) in [6, 6.07) is 11.8. The number of halogens is 1. The third-order valence-electron chi connectivity index (χ3n) is 2.84. The van der Waals surface area contributed by atoms with Crippen LogP contribution in [0.25, 0.3) is 10.8 Å². The van der Waals surface area contributed by atoms with Crippen LogP contribution >= 0.6 is 15.9 Å². The average Bonchev–Trinajstić information content (AvgIpc) is 2.45. The molecule has 0 atom stereocenters. The van der Waals surface area contributed by atoms with Gasteiger partial charge in [-0.15, -0.1) is 0 Å². The Bertz CT molecular complexity index is 601. The molecule has 0 spiro atoms. The summed E-state index contributed by atoms with van der Waals surface area (Å²) in [6.45, 7) is 1.38. The number of hydrogen-bond acceptors (Lipinski definition) is 3. The van der Waals surface area contributed by atoms with Crippen LogP contribution in [0.2, 0.25) is 0 Å². The molecule has 0 saturated heterocycles. The molecule has 2 N–H and O–H groups in total. The zero-order valence-corrected chi connectivity index (χ0v) is 12.9. The third-order valence-corrected chi connectivity index (χ3v) is 3.33. The Labute approximate surface area is 126 Å². The highest BCUT2D eigenvalue weighted by atomic mass is 79.9. The fraction of sp³-hybridized carbons (Fsp3) is 0.267. The summed E-state index contributed by atoms with van der Waals surface area (Å²) >= 11 is 3.44. The van der Waals surface area contributed by atoms with Gasteiger partial charge in [-0.3, -0.25) is 4.79 Å². The predicted molar refractivity (Wildman–Crippen MR) is 84.1 cm³/mol. The monoisotopic (exact) mass is 336 g/mol. The molecule has 0 aromatic heterocycles. The van der Waals surface area contributed by atoms with Crippen LogP contribution in [0.4, 0.5) is 0 Å². The number of ether oxygens (including phenoxy) is 1. The fourth-order valence-corrected chi connectivity index (χ4v) is 2.19. The van der Waals surface area contributed by atoms with Crippen LogP contribution in [0, 0.1) is 0 Å². The number of carbonyl (C=O) groups excluding carboxylic acids is 1. The minimum absolute atomic E-state index is 0.0335. The molecule has 0 fully saturated rings. The van der Waals surface area contributed by atoms with Gasteiger partial charge in [-0.1, -0.05) is 28.1 Å². The first-order valence-electron chi connectivity index (χ1n) is 6.42. The van der Waals surface area contributed by atoms with Crippen LogP contribution in [-0.2, 0) is 4.79 Å². The van der Waals surface area contributed by atoms with Crippen molar-refractivity contribution in [2.45, 2.75) is 0 Å². The first kappa shape index (κ1) is 14.8. The maximum absolute atomic E-state index is 11.5. The summed E-state index contributed by atoms with van der Waals surface area (Å²) < 4.78 is 6.54. The molecule has 0 saturated carbocycles. The molecule has 4 nitrogen and oxygen atoms in total. The molecule has 106 valence electrons. The standard InChI is InChI=1S/C15H17BrN2O2/c1-17-6-7-18-15(19)10-20-14-5-3-11-8-13(16)4-2-12(11)9-14/h2-5,8-9,17H,6-7,10H2,1H3,(H,18,19). The first-order valence-corrected chi connectivity index (χ1v) is 7.22. The average molecular weight is 337 g/mol. The molecule has 0 aliphatic carbocycles. The van der Waals surface area contributed by atoms with Crippen LogP contribution in [0.15, 0.2) is 40.9 Å². The zero-order chi connectivity index (χ0) is 14.4. The number of benzene rings is 2. The molecule has 2 aromatic rings. The molecule has 2 aromatic carbocycles. The molecule has 0 heterocycles. The lowest BCUT2D eigenvalue weighted by molar-refractivity contribution is -0.123. The number of fused-ring (bicyclic) bond motifs is 1. The van der Waals surface area contributed by atoms with Crippen LogP contribution < -0.4 is 15.4 Å². The molecule has 20 heavy (non-hydrogen) atoms. The second kappa shape index (κ2) is 7.26. The normalized spacial score (nSPS) is 10.5. The van der Waals surface area contributed by atoms with E-state index >= 15 is 0 Å². The third kappa shape index (κ3) is 4.21. The molecular weight excluding hydrogens is 320 g/mol. The number of carbonyl (C=O) groups is 1. The van der Waals surface area contributed by atoms with Gasteiger partial charge in [-0.05, 0) is 42.1 Å². The maximum Gasteiger partial charge on any atom is 0.257 e. The first-order chi connectivity index (χ1) is 9.69. The van der Waals surface area contributed by atoms with Gasteiger partial charge in [0.25, 0.3) is 5.91 Å². The van der Waals surface area contributed by atoms with Crippen molar-refractivity contribution in [2.24, 2.45) is 0 Å². The number of nitrogens with one attached hydrogen (secondary N) is 2. The highest BCUT2D eigenvalue weighted by molar-refractivity contribution is 9.10. The van der Waals surface area contributed by atoms with Crippen LogP contribution in [0.1, 0.15) is 0 Å². The Morgan fingerprint density at radius 3 is 2.70 bits per heavy atom. The van der Waals surface area contributed by atoms with E-state index in [1.54, 1.807) is 0 Å². The SMILES string of the molecule is CNCCNC(=O)COc1ccc2cc(Br)ccc2c1. The molecule has 0 aliphatic heterocycles. The van der Waals surface area contributed by atoms with Crippen molar-refractivity contribution in [3.05, 3.63) is 40.9 Å². The lowest BCUT2D eigenvalue weighted by atomic mass is 10.1. The van der Waals surface area contributed by atoms with Gasteiger partial charge >= 0.3 is 0 Å². The highest BCUT2D eigenvalue weighted by Crippen LogP contribution is 2.23. The summed E-state index contributed by atoms with van der Waals surface area (Å²) in [5.41, 5.74) is 0. The van der Waals surface area contributed by atoms with Crippen molar-refractivity contribution in [2.75, 3.05) is 26.7 Å². The zero-order valence-electron chi connectivity index (χ0n) is 11.3. The summed E-state index contributed by atoms with van der Waals surface area (Å²) in [5, 5.41) is 7.94. The predicted octanol–water partition coefficient (Wildman–Crippen LogP) is 2.32. The maximum atomic E-state index is 11.5. The van der Waals surface area contributed by atoms with Crippen LogP contribution in [0.5, 0.6) is 5.75 Å². The number of hydrogen-bond donors (Lipinski definition) is 2. The second-order valence-electron chi connectivity index (χ2n) is 4.40. The van der Waals surface area contributed by atoms with Gasteiger partial charge in [-0.25, -0.2) is 0 Å². The number of rotatable bonds is 6. The van der Waals surface area contributed by atoms with Gasteiger partial charge in [0.1, 0.15) is 5.75 Å². The van der Waals surface area contributed by atoms with Gasteiger partial charge in [0.2, 0.25) is 0 Å². The van der Waals surface area contributed by atoms with Gasteiger partial charge in [0, 0.05) is 17.6 Å². The lowest BCUT2D eigenvalue weighted by Gasteiger charge is -2.08. The van der Waals surface area contributed by atoms with Crippen molar-refractivity contribution in [3.8, 4) is 5.75 Å². The van der Waals surface area contributed by atoms with Crippen molar-refractivity contribution in [1.29, 1.82) is 0 Å². The van der Waals surface area contributed by atoms with Crippen molar-refractivity contribution in [3.63, 3.8) is 0 Å². The van der Waals surface area contributed by atoms with E-state index in [1.807, 2.05) is 43.4 Å². The van der Waals surface area contributed by atoms with Gasteiger partial charge in [0.15, 0.2) is 6.61 Å². The minimum Gasteiger partial charge on any atom is -0.484 e. The van der Waals surface area contributed by atoms with E-state index in [1.165, 1.54) is 0 Å². The summed E-state index contributed by atoms with van der Waals surface area (Å²) in [7, 11) is 1.84. The molecule has 0 radical (unpaired) electrons. The topological polar surface area (TPSA) is 50.4 Å². The second-order valence-corrected chi connectivity index (χ2v) is 5.31. The highest BCUT2D eigenvalue weighted by Gasteiger charge is 2.03. The Morgan fingerprint density at radius 1 is 1.15 bits per heavy atom. The number of amides is 1. The molecule has 2 rings (SSSR count).